The van der Waals surface area contributed by atoms with Crippen molar-refractivity contribution in [2.24, 2.45) is 0 Å². The normalized spacial score (nSPS) is 26.9. The molecule has 0 spiro atoms. The van der Waals surface area contributed by atoms with E-state index in [4.69, 9.17) is 4.74 Å². The van der Waals surface area contributed by atoms with Crippen LogP contribution in [0.5, 0.6) is 0 Å². The summed E-state index contributed by atoms with van der Waals surface area (Å²) >= 11 is 0. The molecule has 1 fully saturated rings. The van der Waals surface area contributed by atoms with Crippen LogP contribution in [0.4, 0.5) is 8.78 Å². The van der Waals surface area contributed by atoms with E-state index in [9.17, 15) is 24.2 Å². The molecule has 5 atom stereocenters. The van der Waals surface area contributed by atoms with Crippen molar-refractivity contribution in [3.8, 4) is 0 Å². The molecule has 1 saturated heterocycles. The summed E-state index contributed by atoms with van der Waals surface area (Å²) in [4.78, 5) is 26.4. The number of carbonyl (C=O) groups is 2. The van der Waals surface area contributed by atoms with E-state index in [-0.39, 0.29) is 17.7 Å². The number of alkyl halides is 1. The third kappa shape index (κ3) is 2.41. The lowest BCUT2D eigenvalue weighted by Gasteiger charge is -2.42. The highest BCUT2D eigenvalue weighted by Crippen LogP contribution is 2.49. The number of imide groups is 1. The minimum Gasteiger partial charge on any atom is -0.387 e. The van der Waals surface area contributed by atoms with Crippen LogP contribution in [0.15, 0.2) is 36.4 Å². The highest BCUT2D eigenvalue weighted by molar-refractivity contribution is 6.39. The number of rotatable bonds is 0. The van der Waals surface area contributed by atoms with E-state index >= 15 is 4.39 Å². The molecular formula is C27H19F2N3O5. The van der Waals surface area contributed by atoms with Crippen LogP contribution in [-0.4, -0.2) is 55.6 Å². The fourth-order valence-electron chi connectivity index (χ4n) is 6.56. The van der Waals surface area contributed by atoms with Gasteiger partial charge < -0.3 is 24.1 Å². The zero-order chi connectivity index (χ0) is 25.5. The van der Waals surface area contributed by atoms with Gasteiger partial charge >= 0.3 is 0 Å². The maximum Gasteiger partial charge on any atom is 0.259 e. The molecule has 8 nitrogen and oxygen atoms in total. The van der Waals surface area contributed by atoms with Crippen molar-refractivity contribution >= 4 is 55.4 Å². The second-order valence-electron chi connectivity index (χ2n) is 10.1. The molecule has 0 saturated carbocycles. The Hall–Kier alpha value is -3.86. The molecule has 2 bridgehead atoms. The number of hydrogen-bond donors (Lipinski definition) is 3. The van der Waals surface area contributed by atoms with Crippen LogP contribution in [0, 0.1) is 12.7 Å². The average Bonchev–Trinajstić information content (AvgIpc) is 3.44. The number of nitrogens with zero attached hydrogens (tertiary/aromatic N) is 2. The minimum absolute atomic E-state index is 0.102. The number of ether oxygens (including phenoxy) is 1. The first-order valence-corrected chi connectivity index (χ1v) is 12.0. The van der Waals surface area contributed by atoms with Gasteiger partial charge in [0, 0.05) is 21.5 Å². The van der Waals surface area contributed by atoms with Gasteiger partial charge in [0.25, 0.3) is 11.8 Å². The lowest BCUT2D eigenvalue weighted by atomic mass is 9.95. The van der Waals surface area contributed by atoms with Gasteiger partial charge in [-0.3, -0.25) is 14.9 Å². The molecule has 3 N–H and O–H groups in total. The van der Waals surface area contributed by atoms with Crippen molar-refractivity contribution in [1.29, 1.82) is 0 Å². The van der Waals surface area contributed by atoms with Gasteiger partial charge in [-0.15, -0.1) is 0 Å². The number of aryl methyl sites for hydroxylation is 1. The standard InChI is InChI=1S/C27H19F2N3O5/c1-9-2-4-12-14(6-9)32-22-17(12)19-18(25(35)30-26(19)36)16-11-5-3-10(28)7-13(11)31(21(16)22)8-15-20(29)23(33)24(34)27(32)37-15/h2-7,15,20,23-24,27,33-34H,8H2,1H3,(H,30,35,36). The topological polar surface area (TPSA) is 106 Å². The zero-order valence-electron chi connectivity index (χ0n) is 19.3. The van der Waals surface area contributed by atoms with E-state index in [1.54, 1.807) is 15.2 Å². The van der Waals surface area contributed by atoms with Crippen LogP contribution < -0.4 is 5.32 Å². The summed E-state index contributed by atoms with van der Waals surface area (Å²) in [7, 11) is 0. The predicted octanol–water partition coefficient (Wildman–Crippen LogP) is 3.20. The average molecular weight is 503 g/mol. The van der Waals surface area contributed by atoms with E-state index in [1.165, 1.54) is 12.1 Å². The van der Waals surface area contributed by atoms with Crippen molar-refractivity contribution in [2.75, 3.05) is 0 Å². The molecule has 5 unspecified atom stereocenters. The lowest BCUT2D eigenvalue weighted by molar-refractivity contribution is -0.229. The highest BCUT2D eigenvalue weighted by Gasteiger charge is 2.49. The van der Waals surface area contributed by atoms with Crippen molar-refractivity contribution in [3.05, 3.63) is 58.9 Å². The molecular weight excluding hydrogens is 484 g/mol. The molecule has 2 aromatic heterocycles. The number of aliphatic hydroxyl groups excluding tert-OH is 2. The van der Waals surface area contributed by atoms with Crippen molar-refractivity contribution < 1.29 is 33.3 Å². The summed E-state index contributed by atoms with van der Waals surface area (Å²) < 4.78 is 39.4. The Bertz CT molecular complexity index is 1910. The number of aliphatic hydroxyl groups is 2. The van der Waals surface area contributed by atoms with E-state index in [0.29, 0.717) is 43.6 Å². The second kappa shape index (κ2) is 6.71. The molecule has 0 radical (unpaired) electrons. The Morgan fingerprint density at radius 3 is 2.38 bits per heavy atom. The summed E-state index contributed by atoms with van der Waals surface area (Å²) in [5.41, 5.74) is 3.26. The number of amides is 2. The van der Waals surface area contributed by atoms with Gasteiger partial charge in [-0.1, -0.05) is 12.1 Å². The zero-order valence-corrected chi connectivity index (χ0v) is 19.3. The maximum absolute atomic E-state index is 15.3. The van der Waals surface area contributed by atoms with Gasteiger partial charge in [0.15, 0.2) is 12.4 Å². The Labute approximate surface area is 206 Å². The smallest absolute Gasteiger partial charge is 0.259 e. The molecule has 10 heteroatoms. The first-order valence-electron chi connectivity index (χ1n) is 12.0. The highest BCUT2D eigenvalue weighted by atomic mass is 19.1. The molecule has 186 valence electrons. The number of aromatic nitrogens is 2. The fourth-order valence-corrected chi connectivity index (χ4v) is 6.56. The van der Waals surface area contributed by atoms with E-state index in [1.807, 2.05) is 25.1 Å². The lowest BCUT2D eigenvalue weighted by Crippen LogP contribution is -2.55. The monoisotopic (exact) mass is 503 g/mol. The summed E-state index contributed by atoms with van der Waals surface area (Å²) in [6.45, 7) is 1.78. The Kier molecular flexibility index (Phi) is 3.85. The number of carbonyl (C=O) groups excluding carboxylic acids is 2. The minimum atomic E-state index is -1.91. The van der Waals surface area contributed by atoms with Crippen molar-refractivity contribution in [1.82, 2.24) is 14.5 Å². The van der Waals surface area contributed by atoms with E-state index in [0.717, 1.165) is 5.56 Å². The largest absolute Gasteiger partial charge is 0.387 e. The van der Waals surface area contributed by atoms with Crippen LogP contribution in [0.1, 0.15) is 32.5 Å². The molecule has 37 heavy (non-hydrogen) atoms. The Morgan fingerprint density at radius 1 is 0.946 bits per heavy atom. The summed E-state index contributed by atoms with van der Waals surface area (Å²) in [6.07, 6.45) is -7.57. The summed E-state index contributed by atoms with van der Waals surface area (Å²) in [5.74, 6) is -1.64. The van der Waals surface area contributed by atoms with E-state index in [2.05, 4.69) is 5.32 Å². The quantitative estimate of drug-likeness (QED) is 0.282. The molecule has 0 aliphatic carbocycles. The van der Waals surface area contributed by atoms with Gasteiger partial charge in [-0.2, -0.15) is 0 Å². The first kappa shape index (κ1) is 21.2. The van der Waals surface area contributed by atoms with E-state index < -0.39 is 48.3 Å². The van der Waals surface area contributed by atoms with Gasteiger partial charge in [0.2, 0.25) is 0 Å². The van der Waals surface area contributed by atoms with Crippen LogP contribution in [0.3, 0.4) is 0 Å². The molecule has 8 rings (SSSR count). The van der Waals surface area contributed by atoms with Crippen molar-refractivity contribution in [3.63, 3.8) is 0 Å². The van der Waals surface area contributed by atoms with Gasteiger partial charge in [0.05, 0.1) is 39.7 Å². The summed E-state index contributed by atoms with van der Waals surface area (Å²) in [5, 5.41) is 26.2. The number of benzene rings is 3. The predicted molar refractivity (Wildman–Crippen MR) is 130 cm³/mol. The van der Waals surface area contributed by atoms with Gasteiger partial charge in [-0.25, -0.2) is 8.78 Å². The number of nitrogens with one attached hydrogen (secondary N) is 1. The molecule has 3 aliphatic heterocycles. The third-order valence-corrected chi connectivity index (χ3v) is 8.10. The maximum atomic E-state index is 15.3. The molecule has 3 aliphatic rings. The second-order valence-corrected chi connectivity index (χ2v) is 10.1. The molecule has 2 amide bonds. The van der Waals surface area contributed by atoms with Gasteiger partial charge in [0.1, 0.15) is 24.1 Å². The SMILES string of the molecule is Cc1ccc2c3c4c(c5c6ccc(F)cc6n6c5c3n(c2c1)C1OC(C6)C(F)C(O)C1O)C(=O)NC4=O. The van der Waals surface area contributed by atoms with Crippen LogP contribution >= 0.6 is 0 Å². The Morgan fingerprint density at radius 2 is 1.62 bits per heavy atom. The van der Waals surface area contributed by atoms with Crippen LogP contribution in [0.25, 0.3) is 43.6 Å². The molecule has 5 heterocycles. The summed E-state index contributed by atoms with van der Waals surface area (Å²) in [6, 6.07) is 9.68. The number of hydrogen-bond acceptors (Lipinski definition) is 5. The van der Waals surface area contributed by atoms with Gasteiger partial charge in [-0.05, 0) is 36.8 Å². The first-order chi connectivity index (χ1) is 17.8. The fraction of sp³-hybridized carbons (Fsp3) is 0.259. The molecule has 5 aromatic rings. The molecule has 3 aromatic carbocycles. The van der Waals surface area contributed by atoms with Crippen molar-refractivity contribution in [2.45, 2.75) is 44.2 Å². The Balaban J connectivity index is 1.73. The van der Waals surface area contributed by atoms with Crippen LogP contribution in [-0.2, 0) is 11.3 Å². The number of halogens is 2. The van der Waals surface area contributed by atoms with Crippen LogP contribution in [0.2, 0.25) is 0 Å². The number of fused-ring (bicyclic) bond motifs is 12. The third-order valence-electron chi connectivity index (χ3n) is 8.10.